The largest absolute Gasteiger partial charge is 0.416 e. The first-order valence-corrected chi connectivity index (χ1v) is 8.93. The number of rotatable bonds is 3. The Kier molecular flexibility index (Phi) is 4.07. The second kappa shape index (κ2) is 6.10. The number of allylic oxidation sites excluding steroid dienone is 2. The molecule has 0 radical (unpaired) electrons. The first-order chi connectivity index (χ1) is 11.5. The van der Waals surface area contributed by atoms with E-state index in [1.54, 1.807) is 11.0 Å². The predicted octanol–water partition coefficient (Wildman–Crippen LogP) is 2.62. The summed E-state index contributed by atoms with van der Waals surface area (Å²) >= 11 is 0. The Morgan fingerprint density at radius 2 is 1.88 bits per heavy atom. The summed E-state index contributed by atoms with van der Waals surface area (Å²) in [7, 11) is 0. The van der Waals surface area contributed by atoms with Crippen molar-refractivity contribution >= 4 is 5.69 Å². The molecule has 130 valence electrons. The van der Waals surface area contributed by atoms with Crippen molar-refractivity contribution in [3.05, 3.63) is 42.0 Å². The number of nitrogens with one attached hydrogen (secondary N) is 1. The van der Waals surface area contributed by atoms with Gasteiger partial charge in [0.25, 0.3) is 0 Å². The second-order valence-electron chi connectivity index (χ2n) is 7.53. The van der Waals surface area contributed by atoms with Crippen molar-refractivity contribution in [2.75, 3.05) is 37.6 Å². The van der Waals surface area contributed by atoms with Crippen LogP contribution in [0.1, 0.15) is 18.4 Å². The summed E-state index contributed by atoms with van der Waals surface area (Å²) in [4.78, 5) is 3.71. The molecule has 2 bridgehead atoms. The minimum atomic E-state index is -4.27. The van der Waals surface area contributed by atoms with Crippen LogP contribution < -0.4 is 9.80 Å². The normalized spacial score (nSPS) is 30.3. The van der Waals surface area contributed by atoms with Crippen LogP contribution in [0.25, 0.3) is 0 Å². The summed E-state index contributed by atoms with van der Waals surface area (Å²) in [6.07, 6.45) is 3.19. The first-order valence-electron chi connectivity index (χ1n) is 8.93. The molecule has 24 heavy (non-hydrogen) atoms. The molecular weight excluding hydrogens is 313 g/mol. The maximum atomic E-state index is 12.9. The average Bonchev–Trinajstić information content (AvgIpc) is 3.18. The summed E-state index contributed by atoms with van der Waals surface area (Å²) in [5.74, 6) is 2.41. The van der Waals surface area contributed by atoms with E-state index in [1.807, 2.05) is 0 Å². The molecular formula is C19H24F3N2+. The molecule has 1 heterocycles. The highest BCUT2D eigenvalue weighted by molar-refractivity contribution is 5.49. The van der Waals surface area contributed by atoms with E-state index in [0.29, 0.717) is 5.69 Å². The van der Waals surface area contributed by atoms with Crippen LogP contribution in [0.5, 0.6) is 0 Å². The van der Waals surface area contributed by atoms with Crippen LogP contribution in [0.15, 0.2) is 36.4 Å². The number of alkyl halides is 3. The zero-order chi connectivity index (χ0) is 16.7. The Labute approximate surface area is 140 Å². The van der Waals surface area contributed by atoms with Crippen molar-refractivity contribution in [3.63, 3.8) is 0 Å². The molecule has 1 N–H and O–H groups in total. The molecule has 3 atom stereocenters. The van der Waals surface area contributed by atoms with Crippen LogP contribution in [0.4, 0.5) is 18.9 Å². The number of nitrogens with zero attached hydrogens (tertiary/aromatic N) is 1. The van der Waals surface area contributed by atoms with E-state index in [9.17, 15) is 13.2 Å². The molecule has 1 aromatic carbocycles. The molecule has 2 aliphatic carbocycles. The van der Waals surface area contributed by atoms with Crippen molar-refractivity contribution in [1.82, 2.24) is 0 Å². The first kappa shape index (κ1) is 16.0. The summed E-state index contributed by atoms with van der Waals surface area (Å²) in [5.41, 5.74) is 0.148. The molecule has 0 aromatic heterocycles. The molecule has 2 nitrogen and oxygen atoms in total. The average molecular weight is 337 g/mol. The maximum absolute atomic E-state index is 12.9. The summed E-state index contributed by atoms with van der Waals surface area (Å²) < 4.78 is 38.6. The van der Waals surface area contributed by atoms with Gasteiger partial charge >= 0.3 is 6.18 Å². The quantitative estimate of drug-likeness (QED) is 0.833. The molecule has 0 amide bonds. The highest BCUT2D eigenvalue weighted by atomic mass is 19.4. The van der Waals surface area contributed by atoms with Crippen molar-refractivity contribution in [2.24, 2.45) is 17.8 Å². The third-order valence-corrected chi connectivity index (χ3v) is 5.98. The van der Waals surface area contributed by atoms with Gasteiger partial charge in [-0.25, -0.2) is 0 Å². The minimum absolute atomic E-state index is 0.552. The number of hydrogen-bond donors (Lipinski definition) is 1. The van der Waals surface area contributed by atoms with E-state index in [-0.39, 0.29) is 0 Å². The van der Waals surface area contributed by atoms with Gasteiger partial charge in [-0.05, 0) is 42.9 Å². The van der Waals surface area contributed by atoms with Crippen molar-refractivity contribution in [2.45, 2.75) is 19.0 Å². The van der Waals surface area contributed by atoms with E-state index in [4.69, 9.17) is 0 Å². The lowest BCUT2D eigenvalue weighted by molar-refractivity contribution is -0.904. The Balaban J connectivity index is 1.34. The van der Waals surface area contributed by atoms with Crippen LogP contribution in [-0.2, 0) is 6.18 Å². The molecule has 0 unspecified atom stereocenters. The molecule has 3 aliphatic rings. The highest BCUT2D eigenvalue weighted by Crippen LogP contribution is 2.42. The highest BCUT2D eigenvalue weighted by Gasteiger charge is 2.38. The fourth-order valence-electron chi connectivity index (χ4n) is 4.66. The topological polar surface area (TPSA) is 7.68 Å². The number of anilines is 1. The number of benzene rings is 1. The number of halogens is 3. The van der Waals surface area contributed by atoms with E-state index >= 15 is 0 Å². The van der Waals surface area contributed by atoms with Gasteiger partial charge in [0.2, 0.25) is 0 Å². The minimum Gasteiger partial charge on any atom is -0.360 e. The van der Waals surface area contributed by atoms with Crippen LogP contribution in [0, 0.1) is 17.8 Å². The van der Waals surface area contributed by atoms with Crippen LogP contribution >= 0.6 is 0 Å². The molecule has 2 fully saturated rings. The van der Waals surface area contributed by atoms with Gasteiger partial charge in [-0.3, -0.25) is 0 Å². The van der Waals surface area contributed by atoms with Gasteiger partial charge in [-0.2, -0.15) is 13.2 Å². The van der Waals surface area contributed by atoms with Crippen molar-refractivity contribution in [1.29, 1.82) is 0 Å². The van der Waals surface area contributed by atoms with Crippen molar-refractivity contribution in [3.8, 4) is 0 Å². The van der Waals surface area contributed by atoms with Gasteiger partial charge in [-0.1, -0.05) is 18.2 Å². The SMILES string of the molecule is FC(F)(F)c1cccc(N2CC[NH+](C[C@@H]3C[C@@H]4C=C[C@H]3C4)CC2)c1. The molecule has 1 aromatic rings. The zero-order valence-electron chi connectivity index (χ0n) is 13.7. The molecule has 0 spiro atoms. The number of hydrogen-bond acceptors (Lipinski definition) is 1. The van der Waals surface area contributed by atoms with E-state index in [2.05, 4.69) is 17.1 Å². The lowest BCUT2D eigenvalue weighted by Gasteiger charge is -2.35. The predicted molar refractivity (Wildman–Crippen MR) is 88.1 cm³/mol. The lowest BCUT2D eigenvalue weighted by Crippen LogP contribution is -3.15. The zero-order valence-corrected chi connectivity index (χ0v) is 13.7. The third kappa shape index (κ3) is 3.18. The number of fused-ring (bicyclic) bond motifs is 2. The molecule has 4 rings (SSSR count). The number of quaternary nitrogens is 1. The Morgan fingerprint density at radius 3 is 2.50 bits per heavy atom. The lowest BCUT2D eigenvalue weighted by atomic mass is 9.93. The summed E-state index contributed by atoms with van der Waals surface area (Å²) in [6.45, 7) is 4.95. The summed E-state index contributed by atoms with van der Waals surface area (Å²) in [5, 5.41) is 0. The maximum Gasteiger partial charge on any atom is 0.416 e. The molecule has 1 aliphatic heterocycles. The summed E-state index contributed by atoms with van der Waals surface area (Å²) in [6, 6.07) is 5.74. The van der Waals surface area contributed by atoms with Gasteiger partial charge in [0.15, 0.2) is 0 Å². The van der Waals surface area contributed by atoms with Gasteiger partial charge in [-0.15, -0.1) is 0 Å². The molecule has 1 saturated carbocycles. The van der Waals surface area contributed by atoms with Gasteiger partial charge in [0.05, 0.1) is 38.3 Å². The Bertz CT molecular complexity index is 617. The Hall–Kier alpha value is -1.49. The van der Waals surface area contributed by atoms with Crippen LogP contribution in [-0.4, -0.2) is 32.7 Å². The number of piperazine rings is 1. The fraction of sp³-hybridized carbons (Fsp3) is 0.579. The third-order valence-electron chi connectivity index (χ3n) is 5.98. The van der Waals surface area contributed by atoms with Crippen molar-refractivity contribution < 1.29 is 18.1 Å². The monoisotopic (exact) mass is 337 g/mol. The smallest absolute Gasteiger partial charge is 0.360 e. The van der Waals surface area contributed by atoms with Gasteiger partial charge in [0.1, 0.15) is 0 Å². The fourth-order valence-corrected chi connectivity index (χ4v) is 4.66. The van der Waals surface area contributed by atoms with Crippen LogP contribution in [0.3, 0.4) is 0 Å². The van der Waals surface area contributed by atoms with E-state index in [0.717, 1.165) is 50.0 Å². The standard InChI is InChI=1S/C19H23F3N2/c20-19(21,22)17-2-1-3-18(12-17)24-8-6-23(7-9-24)13-16-11-14-4-5-15(16)10-14/h1-5,12,14-16H,6-11,13H2/p+1/t14-,15+,16+/m1/s1. The Morgan fingerprint density at radius 1 is 1.08 bits per heavy atom. The van der Waals surface area contributed by atoms with Gasteiger partial charge < -0.3 is 9.80 Å². The molecule has 1 saturated heterocycles. The van der Waals surface area contributed by atoms with E-state index < -0.39 is 11.7 Å². The van der Waals surface area contributed by atoms with Crippen LogP contribution in [0.2, 0.25) is 0 Å². The van der Waals surface area contributed by atoms with E-state index in [1.165, 1.54) is 31.5 Å². The van der Waals surface area contributed by atoms with Gasteiger partial charge in [0, 0.05) is 11.6 Å². The second-order valence-corrected chi connectivity index (χ2v) is 7.53. The molecule has 5 heteroatoms.